The number of rotatable bonds is 7. The molecule has 3 heterocycles. The molecule has 1 N–H and O–H groups in total. The zero-order chi connectivity index (χ0) is 23.4. The molecule has 1 aromatic heterocycles. The Balaban J connectivity index is 0.00000324. The van der Waals surface area contributed by atoms with Gasteiger partial charge in [-0.3, -0.25) is 4.79 Å². The molecule has 0 aliphatic carbocycles. The average Bonchev–Trinajstić information content (AvgIpc) is 2.79. The maximum absolute atomic E-state index is 14.1. The van der Waals surface area contributed by atoms with Crippen molar-refractivity contribution < 1.29 is 13.9 Å². The monoisotopic (exact) mass is 488 g/mol. The SMILES string of the molecule is CC(C)N(CCC#N)C(=O)c1cc(F)ccc1Oc1cncnc1N1CC2(CCNCC2)C1.Cl. The number of aromatic nitrogens is 2. The Morgan fingerprint density at radius 2 is 2.06 bits per heavy atom. The standard InChI is InChI=1S/C24H29FN6O2.ClH/c1-17(2)31(11-3-8-26)23(32)19-12-18(25)4-5-20(19)33-21-13-28-16-29-22(21)30-14-24(15-30)6-9-27-10-7-24;/h4-5,12-13,16-17,27H,3,6-7,9-11,14-15H2,1-2H3;1H. The molecule has 10 heteroatoms. The zero-order valence-corrected chi connectivity index (χ0v) is 20.3. The fourth-order valence-electron chi connectivity index (χ4n) is 4.60. The smallest absolute Gasteiger partial charge is 0.258 e. The number of nitriles is 1. The van der Waals surface area contributed by atoms with Crippen molar-refractivity contribution in [1.29, 1.82) is 5.26 Å². The molecule has 1 amide bonds. The van der Waals surface area contributed by atoms with Crippen molar-refractivity contribution in [2.45, 2.75) is 39.2 Å². The van der Waals surface area contributed by atoms with E-state index in [1.807, 2.05) is 13.8 Å². The van der Waals surface area contributed by atoms with Crippen LogP contribution in [0.2, 0.25) is 0 Å². The van der Waals surface area contributed by atoms with E-state index in [2.05, 4.69) is 26.3 Å². The van der Waals surface area contributed by atoms with Crippen molar-refractivity contribution >= 4 is 24.1 Å². The zero-order valence-electron chi connectivity index (χ0n) is 19.5. The summed E-state index contributed by atoms with van der Waals surface area (Å²) in [6, 6.07) is 5.79. The molecule has 0 radical (unpaired) electrons. The molecule has 182 valence electrons. The fourth-order valence-corrected chi connectivity index (χ4v) is 4.60. The maximum Gasteiger partial charge on any atom is 0.258 e. The molecule has 34 heavy (non-hydrogen) atoms. The summed E-state index contributed by atoms with van der Waals surface area (Å²) in [4.78, 5) is 25.5. The van der Waals surface area contributed by atoms with E-state index in [4.69, 9.17) is 10.00 Å². The first-order valence-corrected chi connectivity index (χ1v) is 11.3. The van der Waals surface area contributed by atoms with E-state index in [1.165, 1.54) is 24.5 Å². The topological polar surface area (TPSA) is 94.4 Å². The first kappa shape index (κ1) is 25.7. The predicted molar refractivity (Wildman–Crippen MR) is 129 cm³/mol. The van der Waals surface area contributed by atoms with Gasteiger partial charge in [-0.1, -0.05) is 0 Å². The third-order valence-corrected chi connectivity index (χ3v) is 6.42. The van der Waals surface area contributed by atoms with Crippen LogP contribution in [-0.2, 0) is 0 Å². The van der Waals surface area contributed by atoms with Crippen LogP contribution in [0.25, 0.3) is 0 Å². The van der Waals surface area contributed by atoms with Crippen LogP contribution in [0.15, 0.2) is 30.7 Å². The molecule has 2 aliphatic rings. The number of piperidine rings is 1. The van der Waals surface area contributed by atoms with E-state index in [0.717, 1.165) is 39.0 Å². The van der Waals surface area contributed by atoms with Crippen LogP contribution < -0.4 is 15.0 Å². The number of nitrogens with one attached hydrogen (secondary N) is 1. The lowest BCUT2D eigenvalue weighted by atomic mass is 9.72. The van der Waals surface area contributed by atoms with Gasteiger partial charge in [0.2, 0.25) is 0 Å². The number of carbonyl (C=O) groups is 1. The van der Waals surface area contributed by atoms with Crippen LogP contribution in [0.5, 0.6) is 11.5 Å². The number of ether oxygens (including phenoxy) is 1. The predicted octanol–water partition coefficient (Wildman–Crippen LogP) is 3.78. The number of anilines is 1. The van der Waals surface area contributed by atoms with Crippen molar-refractivity contribution in [2.75, 3.05) is 37.6 Å². The van der Waals surface area contributed by atoms with Crippen molar-refractivity contribution in [1.82, 2.24) is 20.2 Å². The second-order valence-electron chi connectivity index (χ2n) is 9.06. The number of hydrogen-bond donors (Lipinski definition) is 1. The van der Waals surface area contributed by atoms with E-state index in [-0.39, 0.29) is 48.6 Å². The second-order valence-corrected chi connectivity index (χ2v) is 9.06. The molecule has 0 unspecified atom stereocenters. The molecular formula is C24H30ClFN6O2. The summed E-state index contributed by atoms with van der Waals surface area (Å²) >= 11 is 0. The lowest BCUT2D eigenvalue weighted by molar-refractivity contribution is 0.0707. The van der Waals surface area contributed by atoms with Gasteiger partial charge in [-0.25, -0.2) is 14.4 Å². The Morgan fingerprint density at radius 1 is 1.32 bits per heavy atom. The Labute approximate surface area is 205 Å². The second kappa shape index (κ2) is 11.0. The molecule has 4 rings (SSSR count). The third kappa shape index (κ3) is 5.40. The summed E-state index contributed by atoms with van der Waals surface area (Å²) < 4.78 is 20.2. The highest BCUT2D eigenvalue weighted by molar-refractivity contribution is 5.97. The molecular weight excluding hydrogens is 459 g/mol. The van der Waals surface area contributed by atoms with E-state index < -0.39 is 5.82 Å². The van der Waals surface area contributed by atoms with Crippen molar-refractivity contribution in [3.8, 4) is 17.6 Å². The number of nitrogens with zero attached hydrogens (tertiary/aromatic N) is 5. The van der Waals surface area contributed by atoms with Crippen LogP contribution >= 0.6 is 12.4 Å². The van der Waals surface area contributed by atoms with Gasteiger partial charge in [0.25, 0.3) is 5.91 Å². The molecule has 2 aliphatic heterocycles. The minimum Gasteiger partial charge on any atom is -0.451 e. The van der Waals surface area contributed by atoms with Crippen LogP contribution in [0.4, 0.5) is 10.2 Å². The van der Waals surface area contributed by atoms with Gasteiger partial charge in [-0.2, -0.15) is 5.26 Å². The largest absolute Gasteiger partial charge is 0.451 e. The van der Waals surface area contributed by atoms with E-state index in [0.29, 0.717) is 17.0 Å². The van der Waals surface area contributed by atoms with Crippen LogP contribution in [0, 0.1) is 22.6 Å². The van der Waals surface area contributed by atoms with Crippen molar-refractivity contribution in [3.05, 3.63) is 42.1 Å². The quantitative estimate of drug-likeness (QED) is 0.633. The van der Waals surface area contributed by atoms with Gasteiger partial charge < -0.3 is 19.9 Å². The van der Waals surface area contributed by atoms with Gasteiger partial charge in [-0.15, -0.1) is 12.4 Å². The first-order chi connectivity index (χ1) is 15.9. The molecule has 1 spiro atoms. The Kier molecular flexibility index (Phi) is 8.28. The van der Waals surface area contributed by atoms with Crippen LogP contribution in [-0.4, -0.2) is 59.5 Å². The normalized spacial score (nSPS) is 16.4. The van der Waals surface area contributed by atoms with E-state index >= 15 is 0 Å². The van der Waals surface area contributed by atoms with E-state index in [9.17, 15) is 9.18 Å². The molecule has 2 aromatic rings. The molecule has 2 fully saturated rings. The third-order valence-electron chi connectivity index (χ3n) is 6.42. The van der Waals surface area contributed by atoms with Crippen LogP contribution in [0.1, 0.15) is 43.5 Å². The summed E-state index contributed by atoms with van der Waals surface area (Å²) in [6.07, 6.45) is 5.51. The summed E-state index contributed by atoms with van der Waals surface area (Å²) in [5, 5.41) is 12.4. The number of halogens is 2. The molecule has 8 nitrogen and oxygen atoms in total. The summed E-state index contributed by atoms with van der Waals surface area (Å²) in [6.45, 7) is 7.82. The van der Waals surface area contributed by atoms with Gasteiger partial charge in [0.15, 0.2) is 11.6 Å². The number of carbonyl (C=O) groups excluding carboxylic acids is 1. The summed E-state index contributed by atoms with van der Waals surface area (Å²) in [5.74, 6) is 0.412. The summed E-state index contributed by atoms with van der Waals surface area (Å²) in [7, 11) is 0. The van der Waals surface area contributed by atoms with Gasteiger partial charge >= 0.3 is 0 Å². The molecule has 0 atom stereocenters. The Morgan fingerprint density at radius 3 is 2.74 bits per heavy atom. The van der Waals surface area contributed by atoms with Crippen LogP contribution in [0.3, 0.4) is 0 Å². The summed E-state index contributed by atoms with van der Waals surface area (Å²) in [5.41, 5.74) is 0.415. The molecule has 0 bridgehead atoms. The number of hydrogen-bond acceptors (Lipinski definition) is 7. The van der Waals surface area contributed by atoms with Gasteiger partial charge in [0.1, 0.15) is 17.9 Å². The minimum absolute atomic E-state index is 0. The van der Waals surface area contributed by atoms with Gasteiger partial charge in [-0.05, 0) is 58.0 Å². The van der Waals surface area contributed by atoms with E-state index in [1.54, 1.807) is 11.1 Å². The molecule has 0 saturated carbocycles. The minimum atomic E-state index is -0.533. The fraction of sp³-hybridized carbons (Fsp3) is 0.500. The van der Waals surface area contributed by atoms with Crippen molar-refractivity contribution in [3.63, 3.8) is 0 Å². The molecule has 2 saturated heterocycles. The Hall–Kier alpha value is -2.96. The highest BCUT2D eigenvalue weighted by Gasteiger charge is 2.44. The average molecular weight is 489 g/mol. The highest BCUT2D eigenvalue weighted by Crippen LogP contribution is 2.43. The Bertz CT molecular complexity index is 1050. The van der Waals surface area contributed by atoms with Crippen molar-refractivity contribution in [2.24, 2.45) is 5.41 Å². The first-order valence-electron chi connectivity index (χ1n) is 11.3. The van der Waals surface area contributed by atoms with Gasteiger partial charge in [0, 0.05) is 31.1 Å². The lowest BCUT2D eigenvalue weighted by Gasteiger charge is -2.53. The number of benzene rings is 1. The van der Waals surface area contributed by atoms with Gasteiger partial charge in [0.05, 0.1) is 24.3 Å². The molecule has 1 aromatic carbocycles. The number of amides is 1. The maximum atomic E-state index is 14.1. The highest BCUT2D eigenvalue weighted by atomic mass is 35.5. The lowest BCUT2D eigenvalue weighted by Crippen LogP contribution is -2.60.